The van der Waals surface area contributed by atoms with Crippen LogP contribution in [0.4, 0.5) is 0 Å². The molecule has 0 radical (unpaired) electrons. The molecule has 0 aliphatic carbocycles. The van der Waals surface area contributed by atoms with Crippen LogP contribution in [0.3, 0.4) is 0 Å². The van der Waals surface area contributed by atoms with Gasteiger partial charge in [-0.3, -0.25) is 4.79 Å². The van der Waals surface area contributed by atoms with Crippen LogP contribution < -0.4 is 5.32 Å². The zero-order valence-electron chi connectivity index (χ0n) is 8.32. The smallest absolute Gasteiger partial charge is 0.268 e. The van der Waals surface area contributed by atoms with E-state index in [9.17, 15) is 4.79 Å². The van der Waals surface area contributed by atoms with Crippen molar-refractivity contribution in [1.29, 1.82) is 0 Å². The van der Waals surface area contributed by atoms with Gasteiger partial charge in [-0.1, -0.05) is 0 Å². The van der Waals surface area contributed by atoms with Crippen molar-refractivity contribution in [3.8, 4) is 0 Å². The number of nitrogens with zero attached hydrogens (tertiary/aromatic N) is 3. The number of aromatic nitrogens is 3. The molecule has 5 heteroatoms. The summed E-state index contributed by atoms with van der Waals surface area (Å²) >= 11 is 0. The second-order valence-electron chi connectivity index (χ2n) is 3.63. The Hall–Kier alpha value is -1.91. The lowest BCUT2D eigenvalue weighted by Crippen LogP contribution is -2.34. The average molecular weight is 202 g/mol. The minimum absolute atomic E-state index is 0.0306. The third-order valence-electron chi connectivity index (χ3n) is 2.61. The monoisotopic (exact) mass is 202 g/mol. The molecular formula is C10H10N4O. The highest BCUT2D eigenvalue weighted by atomic mass is 16.2. The average Bonchev–Trinajstić information content (AvgIpc) is 2.58. The van der Waals surface area contributed by atoms with Gasteiger partial charge in [0.05, 0.1) is 0 Å². The number of carbonyl (C=O) groups excluding carboxylic acids is 1. The second-order valence-corrected chi connectivity index (χ2v) is 3.63. The Bertz CT molecular complexity index is 558. The van der Waals surface area contributed by atoms with Crippen LogP contribution in [-0.4, -0.2) is 27.0 Å². The van der Waals surface area contributed by atoms with Crippen LogP contribution in [0.1, 0.15) is 16.3 Å². The van der Waals surface area contributed by atoms with Crippen molar-refractivity contribution in [2.75, 3.05) is 6.54 Å². The van der Waals surface area contributed by atoms with E-state index in [-0.39, 0.29) is 5.91 Å². The number of nitrogens with one attached hydrogen (secondary N) is 1. The summed E-state index contributed by atoms with van der Waals surface area (Å²) in [4.78, 5) is 20.0. The van der Waals surface area contributed by atoms with Gasteiger partial charge in [-0.2, -0.15) is 0 Å². The SMILES string of the molecule is Cc1ncc2cc3n(c2n1)CCNC3=O. The Morgan fingerprint density at radius 3 is 3.27 bits per heavy atom. The van der Waals surface area contributed by atoms with Crippen molar-refractivity contribution < 1.29 is 4.79 Å². The van der Waals surface area contributed by atoms with Crippen LogP contribution in [0.25, 0.3) is 11.0 Å². The molecular weight excluding hydrogens is 192 g/mol. The maximum Gasteiger partial charge on any atom is 0.268 e. The number of hydrogen-bond acceptors (Lipinski definition) is 3. The summed E-state index contributed by atoms with van der Waals surface area (Å²) in [5.41, 5.74) is 1.53. The largest absolute Gasteiger partial charge is 0.349 e. The third kappa shape index (κ3) is 1.12. The van der Waals surface area contributed by atoms with Gasteiger partial charge in [0.15, 0.2) is 0 Å². The minimum atomic E-state index is -0.0306. The molecule has 0 bridgehead atoms. The topological polar surface area (TPSA) is 59.8 Å². The summed E-state index contributed by atoms with van der Waals surface area (Å²) in [7, 11) is 0. The highest BCUT2D eigenvalue weighted by molar-refractivity contribution is 5.98. The van der Waals surface area contributed by atoms with E-state index >= 15 is 0 Å². The fraction of sp³-hybridized carbons (Fsp3) is 0.300. The summed E-state index contributed by atoms with van der Waals surface area (Å²) in [5, 5.41) is 3.73. The lowest BCUT2D eigenvalue weighted by atomic mass is 10.3. The molecule has 0 saturated heterocycles. The van der Waals surface area contributed by atoms with Gasteiger partial charge in [0.1, 0.15) is 17.2 Å². The fourth-order valence-electron chi connectivity index (χ4n) is 1.91. The van der Waals surface area contributed by atoms with E-state index in [0.717, 1.165) is 23.4 Å². The minimum Gasteiger partial charge on any atom is -0.349 e. The molecule has 0 saturated carbocycles. The molecule has 15 heavy (non-hydrogen) atoms. The van der Waals surface area contributed by atoms with E-state index in [1.807, 2.05) is 17.6 Å². The zero-order chi connectivity index (χ0) is 10.4. The molecule has 2 aromatic rings. The molecule has 3 heterocycles. The summed E-state index contributed by atoms with van der Waals surface area (Å²) in [6.07, 6.45) is 1.76. The van der Waals surface area contributed by atoms with Gasteiger partial charge < -0.3 is 9.88 Å². The number of fused-ring (bicyclic) bond motifs is 3. The number of aryl methyl sites for hydroxylation is 1. The Morgan fingerprint density at radius 1 is 1.53 bits per heavy atom. The van der Waals surface area contributed by atoms with Crippen molar-refractivity contribution in [2.45, 2.75) is 13.5 Å². The first kappa shape index (κ1) is 8.40. The van der Waals surface area contributed by atoms with Crippen molar-refractivity contribution in [1.82, 2.24) is 19.9 Å². The summed E-state index contributed by atoms with van der Waals surface area (Å²) in [5.74, 6) is 0.700. The van der Waals surface area contributed by atoms with Crippen molar-refractivity contribution in [3.05, 3.63) is 23.8 Å². The van der Waals surface area contributed by atoms with Gasteiger partial charge >= 0.3 is 0 Å². The summed E-state index contributed by atoms with van der Waals surface area (Å²) < 4.78 is 1.95. The quantitative estimate of drug-likeness (QED) is 0.676. The van der Waals surface area contributed by atoms with E-state index < -0.39 is 0 Å². The molecule has 5 nitrogen and oxygen atoms in total. The van der Waals surface area contributed by atoms with Crippen molar-refractivity contribution in [2.24, 2.45) is 0 Å². The summed E-state index contributed by atoms with van der Waals surface area (Å²) in [6, 6.07) is 1.84. The molecule has 3 rings (SSSR count). The van der Waals surface area contributed by atoms with Crippen LogP contribution in [0.5, 0.6) is 0 Å². The van der Waals surface area contributed by atoms with Crippen LogP contribution in [0.15, 0.2) is 12.3 Å². The number of rotatable bonds is 0. The van der Waals surface area contributed by atoms with E-state index in [4.69, 9.17) is 0 Å². The van der Waals surface area contributed by atoms with Gasteiger partial charge in [-0.25, -0.2) is 9.97 Å². The molecule has 1 N–H and O–H groups in total. The first-order chi connectivity index (χ1) is 7.25. The lowest BCUT2D eigenvalue weighted by Gasteiger charge is -2.15. The molecule has 1 aliphatic rings. The highest BCUT2D eigenvalue weighted by Gasteiger charge is 2.20. The standard InChI is InChI=1S/C10H10N4O/c1-6-12-5-7-4-8-10(15)11-2-3-14(8)9(7)13-6/h4-5H,2-3H2,1H3,(H,11,15). The van der Waals surface area contributed by atoms with E-state index in [0.29, 0.717) is 12.2 Å². The van der Waals surface area contributed by atoms with Crippen molar-refractivity contribution >= 4 is 16.9 Å². The van der Waals surface area contributed by atoms with E-state index in [2.05, 4.69) is 15.3 Å². The normalized spacial score (nSPS) is 15.1. The Kier molecular flexibility index (Phi) is 1.56. The first-order valence-corrected chi connectivity index (χ1v) is 4.87. The molecule has 0 aromatic carbocycles. The van der Waals surface area contributed by atoms with Crippen molar-refractivity contribution in [3.63, 3.8) is 0 Å². The van der Waals surface area contributed by atoms with Gasteiger partial charge in [0.2, 0.25) is 0 Å². The Labute approximate surface area is 86.1 Å². The Balaban J connectivity index is 2.36. The fourth-order valence-corrected chi connectivity index (χ4v) is 1.91. The molecule has 2 aromatic heterocycles. The van der Waals surface area contributed by atoms with Crippen LogP contribution in [-0.2, 0) is 6.54 Å². The molecule has 0 atom stereocenters. The molecule has 0 spiro atoms. The van der Waals surface area contributed by atoms with Gasteiger partial charge in [0, 0.05) is 24.7 Å². The first-order valence-electron chi connectivity index (χ1n) is 4.87. The highest BCUT2D eigenvalue weighted by Crippen LogP contribution is 2.19. The van der Waals surface area contributed by atoms with E-state index in [1.54, 1.807) is 6.20 Å². The number of amides is 1. The van der Waals surface area contributed by atoms with Crippen LogP contribution in [0, 0.1) is 6.92 Å². The van der Waals surface area contributed by atoms with Gasteiger partial charge in [-0.05, 0) is 13.0 Å². The molecule has 76 valence electrons. The van der Waals surface area contributed by atoms with E-state index in [1.165, 1.54) is 0 Å². The summed E-state index contributed by atoms with van der Waals surface area (Å²) in [6.45, 7) is 3.29. The molecule has 0 fully saturated rings. The zero-order valence-corrected chi connectivity index (χ0v) is 8.32. The molecule has 0 unspecified atom stereocenters. The van der Waals surface area contributed by atoms with Gasteiger partial charge in [-0.15, -0.1) is 0 Å². The van der Waals surface area contributed by atoms with Gasteiger partial charge in [0.25, 0.3) is 5.91 Å². The Morgan fingerprint density at radius 2 is 2.40 bits per heavy atom. The van der Waals surface area contributed by atoms with Crippen LogP contribution >= 0.6 is 0 Å². The lowest BCUT2D eigenvalue weighted by molar-refractivity contribution is 0.0929. The predicted octanol–water partition coefficient (Wildman–Crippen LogP) is 0.483. The van der Waals surface area contributed by atoms with Crippen LogP contribution in [0.2, 0.25) is 0 Å². The second kappa shape index (κ2) is 2.79. The number of hydrogen-bond donors (Lipinski definition) is 1. The molecule has 1 amide bonds. The maximum absolute atomic E-state index is 11.6. The third-order valence-corrected chi connectivity index (χ3v) is 2.61. The predicted molar refractivity (Wildman–Crippen MR) is 54.6 cm³/mol. The molecule has 1 aliphatic heterocycles. The number of carbonyl (C=O) groups is 1. The maximum atomic E-state index is 11.6.